The van der Waals surface area contributed by atoms with Crippen LogP contribution in [0.15, 0.2) is 0 Å². The summed E-state index contributed by atoms with van der Waals surface area (Å²) >= 11 is 12.1. The van der Waals surface area contributed by atoms with Crippen molar-refractivity contribution in [3.8, 4) is 0 Å². The molecule has 0 aromatic rings. The Kier molecular flexibility index (Phi) is 9.22. The molecule has 0 nitrogen and oxygen atoms in total. The number of hydrogen-bond donors (Lipinski definition) is 0. The van der Waals surface area contributed by atoms with Crippen LogP contribution in [0.25, 0.3) is 0 Å². The lowest BCUT2D eigenvalue weighted by atomic mass is 10.1. The maximum atomic E-state index is 6.05. The van der Waals surface area contributed by atoms with E-state index in [9.17, 15) is 0 Å². The quantitative estimate of drug-likeness (QED) is 0.357. The first kappa shape index (κ1) is 14.6. The molecular weight excluding hydrogens is 215 g/mol. The molecule has 0 N–H and O–H groups in total. The van der Waals surface area contributed by atoms with Crippen LogP contribution in [0, 0.1) is 0 Å². The fraction of sp³-hybridized carbons (Fsp3) is 1.00. The predicted molar refractivity (Wildman–Crippen MR) is 67.3 cm³/mol. The van der Waals surface area contributed by atoms with E-state index in [-0.39, 0.29) is 0 Å². The fourth-order valence-corrected chi connectivity index (χ4v) is 1.78. The lowest BCUT2D eigenvalue weighted by Crippen LogP contribution is -2.09. The average molecular weight is 239 g/mol. The van der Waals surface area contributed by atoms with Crippen molar-refractivity contribution < 1.29 is 0 Å². The van der Waals surface area contributed by atoms with Gasteiger partial charge in [-0.1, -0.05) is 58.8 Å². The highest BCUT2D eigenvalue weighted by atomic mass is 35.5. The van der Waals surface area contributed by atoms with Gasteiger partial charge in [0.1, 0.15) is 4.33 Å². The van der Waals surface area contributed by atoms with Crippen LogP contribution in [0.4, 0.5) is 0 Å². The Morgan fingerprint density at radius 1 is 0.786 bits per heavy atom. The van der Waals surface area contributed by atoms with Crippen LogP contribution in [0.2, 0.25) is 0 Å². The van der Waals surface area contributed by atoms with Crippen molar-refractivity contribution in [3.05, 3.63) is 0 Å². The Labute approximate surface area is 99.4 Å². The maximum Gasteiger partial charge on any atom is 0.118 e. The third-order valence-corrected chi connectivity index (χ3v) is 3.58. The van der Waals surface area contributed by atoms with Crippen LogP contribution in [0.5, 0.6) is 0 Å². The summed E-state index contributed by atoms with van der Waals surface area (Å²) in [5.74, 6) is 0. The van der Waals surface area contributed by atoms with Crippen molar-refractivity contribution in [2.75, 3.05) is 0 Å². The van der Waals surface area contributed by atoms with Gasteiger partial charge in [0.15, 0.2) is 0 Å². The molecule has 0 amide bonds. The van der Waals surface area contributed by atoms with E-state index in [1.165, 1.54) is 44.9 Å². The van der Waals surface area contributed by atoms with Crippen molar-refractivity contribution in [2.24, 2.45) is 0 Å². The summed E-state index contributed by atoms with van der Waals surface area (Å²) in [6, 6.07) is 0. The summed E-state index contributed by atoms with van der Waals surface area (Å²) in [5, 5.41) is 0. The van der Waals surface area contributed by atoms with E-state index < -0.39 is 4.33 Å². The van der Waals surface area contributed by atoms with E-state index in [4.69, 9.17) is 23.2 Å². The summed E-state index contributed by atoms with van der Waals surface area (Å²) in [7, 11) is 0. The van der Waals surface area contributed by atoms with Gasteiger partial charge in [-0.3, -0.25) is 0 Å². The van der Waals surface area contributed by atoms with Crippen LogP contribution < -0.4 is 0 Å². The van der Waals surface area contributed by atoms with Gasteiger partial charge in [-0.15, -0.1) is 23.2 Å². The van der Waals surface area contributed by atoms with E-state index in [0.717, 1.165) is 12.8 Å². The molecule has 86 valence electrons. The van der Waals surface area contributed by atoms with Gasteiger partial charge in [-0.05, 0) is 12.8 Å². The Bertz CT molecular complexity index is 121. The maximum absolute atomic E-state index is 6.05. The van der Waals surface area contributed by atoms with E-state index in [1.54, 1.807) is 0 Å². The highest BCUT2D eigenvalue weighted by molar-refractivity contribution is 6.48. The smallest absolute Gasteiger partial charge is 0.102 e. The van der Waals surface area contributed by atoms with Crippen LogP contribution in [0.1, 0.15) is 71.6 Å². The average Bonchev–Trinajstić information content (AvgIpc) is 2.16. The monoisotopic (exact) mass is 238 g/mol. The molecular formula is C12H24Cl2. The predicted octanol–water partition coefficient (Wildman–Crippen LogP) is 5.71. The second-order valence-electron chi connectivity index (χ2n) is 4.08. The lowest BCUT2D eigenvalue weighted by Gasteiger charge is -2.16. The summed E-state index contributed by atoms with van der Waals surface area (Å²) in [6.07, 6.45) is 11.1. The van der Waals surface area contributed by atoms with E-state index >= 15 is 0 Å². The van der Waals surface area contributed by atoms with Crippen molar-refractivity contribution in [1.82, 2.24) is 0 Å². The minimum Gasteiger partial charge on any atom is -0.102 e. The van der Waals surface area contributed by atoms with Gasteiger partial charge in [0, 0.05) is 0 Å². The highest BCUT2D eigenvalue weighted by Crippen LogP contribution is 2.31. The Hall–Kier alpha value is 0.580. The Balaban J connectivity index is 3.13. The molecule has 0 saturated carbocycles. The molecule has 0 heterocycles. The molecule has 0 rings (SSSR count). The van der Waals surface area contributed by atoms with Gasteiger partial charge >= 0.3 is 0 Å². The van der Waals surface area contributed by atoms with Crippen molar-refractivity contribution >= 4 is 23.2 Å². The third-order valence-electron chi connectivity index (χ3n) is 2.66. The third kappa shape index (κ3) is 9.15. The molecule has 0 aliphatic rings. The largest absolute Gasteiger partial charge is 0.118 e. The van der Waals surface area contributed by atoms with E-state index in [1.807, 2.05) is 6.92 Å². The molecule has 0 atom stereocenters. The minimum atomic E-state index is -0.469. The SMILES string of the molecule is CCCCCCCCCC(Cl)(Cl)CC. The minimum absolute atomic E-state index is 0.469. The topological polar surface area (TPSA) is 0 Å². The number of halogens is 2. The van der Waals surface area contributed by atoms with Crippen LogP contribution in [0.3, 0.4) is 0 Å². The van der Waals surface area contributed by atoms with Crippen molar-refractivity contribution in [3.63, 3.8) is 0 Å². The zero-order valence-electron chi connectivity index (χ0n) is 9.62. The lowest BCUT2D eigenvalue weighted by molar-refractivity contribution is 0.550. The molecule has 0 aliphatic carbocycles. The van der Waals surface area contributed by atoms with Gasteiger partial charge in [-0.2, -0.15) is 0 Å². The van der Waals surface area contributed by atoms with Crippen molar-refractivity contribution in [1.29, 1.82) is 0 Å². The molecule has 0 bridgehead atoms. The van der Waals surface area contributed by atoms with Crippen LogP contribution >= 0.6 is 23.2 Å². The van der Waals surface area contributed by atoms with Gasteiger partial charge < -0.3 is 0 Å². The normalized spacial score (nSPS) is 12.0. The standard InChI is InChI=1S/C12H24Cl2/c1-3-5-6-7-8-9-10-11-12(13,14)4-2/h3-11H2,1-2H3. The van der Waals surface area contributed by atoms with Crippen molar-refractivity contribution in [2.45, 2.75) is 76.0 Å². The molecule has 14 heavy (non-hydrogen) atoms. The van der Waals surface area contributed by atoms with Crippen LogP contribution in [-0.4, -0.2) is 4.33 Å². The first-order chi connectivity index (χ1) is 6.62. The first-order valence-electron chi connectivity index (χ1n) is 6.00. The molecule has 2 heteroatoms. The molecule has 0 unspecified atom stereocenters. The number of rotatable bonds is 9. The Morgan fingerprint density at radius 2 is 1.29 bits per heavy atom. The molecule has 0 spiro atoms. The molecule has 0 aromatic carbocycles. The zero-order valence-corrected chi connectivity index (χ0v) is 11.1. The summed E-state index contributed by atoms with van der Waals surface area (Å²) in [6.45, 7) is 4.29. The molecule has 0 aromatic heterocycles. The Morgan fingerprint density at radius 3 is 1.79 bits per heavy atom. The van der Waals surface area contributed by atoms with E-state index in [2.05, 4.69) is 6.92 Å². The number of unbranched alkanes of at least 4 members (excludes halogenated alkanes) is 6. The van der Waals surface area contributed by atoms with E-state index in [0.29, 0.717) is 0 Å². The molecule has 0 fully saturated rings. The van der Waals surface area contributed by atoms with Gasteiger partial charge in [0.25, 0.3) is 0 Å². The highest BCUT2D eigenvalue weighted by Gasteiger charge is 2.19. The molecule has 0 saturated heterocycles. The number of alkyl halides is 2. The summed E-state index contributed by atoms with van der Waals surface area (Å²) < 4.78 is -0.469. The molecule has 0 radical (unpaired) electrons. The van der Waals surface area contributed by atoms with Gasteiger partial charge in [-0.25, -0.2) is 0 Å². The van der Waals surface area contributed by atoms with Gasteiger partial charge in [0.05, 0.1) is 0 Å². The number of hydrogen-bond acceptors (Lipinski definition) is 0. The second-order valence-corrected chi connectivity index (χ2v) is 5.72. The summed E-state index contributed by atoms with van der Waals surface area (Å²) in [5.41, 5.74) is 0. The second kappa shape index (κ2) is 8.85. The van der Waals surface area contributed by atoms with Gasteiger partial charge in [0.2, 0.25) is 0 Å². The van der Waals surface area contributed by atoms with Crippen LogP contribution in [-0.2, 0) is 0 Å². The zero-order chi connectivity index (χ0) is 10.9. The molecule has 0 aliphatic heterocycles. The first-order valence-corrected chi connectivity index (χ1v) is 6.76. The summed E-state index contributed by atoms with van der Waals surface area (Å²) in [4.78, 5) is 0. The fourth-order valence-electron chi connectivity index (χ4n) is 1.52.